The number of hydrogen-bond acceptors (Lipinski definition) is 5. The molecule has 1 aliphatic heterocycles. The summed E-state index contributed by atoms with van der Waals surface area (Å²) in [7, 11) is 3.57. The summed E-state index contributed by atoms with van der Waals surface area (Å²) < 4.78 is 13.1. The molecular weight excluding hydrogens is 416 g/mol. The number of aryl methyl sites for hydroxylation is 2. The van der Waals surface area contributed by atoms with Crippen molar-refractivity contribution in [2.75, 3.05) is 26.7 Å². The monoisotopic (exact) mass is 446 g/mol. The van der Waals surface area contributed by atoms with Gasteiger partial charge in [-0.25, -0.2) is 4.79 Å². The van der Waals surface area contributed by atoms with E-state index in [4.69, 9.17) is 21.1 Å². The van der Waals surface area contributed by atoms with E-state index in [-0.39, 0.29) is 12.2 Å². The van der Waals surface area contributed by atoms with E-state index in [1.807, 2.05) is 26.1 Å². The fraction of sp³-hybridized carbons (Fsp3) is 0.565. The molecule has 0 N–H and O–H groups in total. The second-order valence-electron chi connectivity index (χ2n) is 8.81. The average Bonchev–Trinajstić information content (AvgIpc) is 3.31. The minimum atomic E-state index is -0.386. The first-order chi connectivity index (χ1) is 14.9. The van der Waals surface area contributed by atoms with Crippen LogP contribution < -0.4 is 9.47 Å². The molecule has 7 nitrogen and oxygen atoms in total. The fourth-order valence-electron chi connectivity index (χ4n) is 4.23. The molecule has 0 atom stereocenters. The van der Waals surface area contributed by atoms with Crippen molar-refractivity contribution in [3.63, 3.8) is 0 Å². The largest absolute Gasteiger partial charge is 0.490 e. The van der Waals surface area contributed by atoms with Crippen molar-refractivity contribution in [1.82, 2.24) is 19.6 Å². The zero-order valence-electron chi connectivity index (χ0n) is 18.5. The Labute approximate surface area is 188 Å². The van der Waals surface area contributed by atoms with E-state index < -0.39 is 0 Å². The zero-order valence-corrected chi connectivity index (χ0v) is 19.3. The maximum Gasteiger partial charge on any atom is 0.416 e. The third-order valence-corrected chi connectivity index (χ3v) is 6.59. The number of amides is 1. The van der Waals surface area contributed by atoms with E-state index in [1.54, 1.807) is 22.7 Å². The quantitative estimate of drug-likeness (QED) is 0.635. The summed E-state index contributed by atoms with van der Waals surface area (Å²) in [5.74, 6) is 1.55. The van der Waals surface area contributed by atoms with Gasteiger partial charge in [-0.15, -0.1) is 5.10 Å². The first kappa shape index (κ1) is 22.0. The minimum Gasteiger partial charge on any atom is -0.490 e. The summed E-state index contributed by atoms with van der Waals surface area (Å²) in [6.07, 6.45) is 4.14. The van der Waals surface area contributed by atoms with Gasteiger partial charge in [0.15, 0.2) is 0 Å². The molecule has 168 valence electrons. The number of nitrogens with zero attached hydrogens (tertiary/aromatic N) is 4. The maximum absolute atomic E-state index is 12.3. The van der Waals surface area contributed by atoms with E-state index >= 15 is 0 Å². The van der Waals surface area contributed by atoms with Crippen LogP contribution in [0.5, 0.6) is 11.6 Å². The van der Waals surface area contributed by atoms with Gasteiger partial charge in [0, 0.05) is 44.0 Å². The van der Waals surface area contributed by atoms with Crippen molar-refractivity contribution in [2.24, 2.45) is 13.0 Å². The highest BCUT2D eigenvalue weighted by Crippen LogP contribution is 2.33. The van der Waals surface area contributed by atoms with Crippen LogP contribution >= 0.6 is 11.6 Å². The van der Waals surface area contributed by atoms with Crippen LogP contribution in [0.15, 0.2) is 24.3 Å². The summed E-state index contributed by atoms with van der Waals surface area (Å²) >= 11 is 6.49. The van der Waals surface area contributed by atoms with E-state index in [9.17, 15) is 4.79 Å². The van der Waals surface area contributed by atoms with Crippen LogP contribution in [0.25, 0.3) is 0 Å². The van der Waals surface area contributed by atoms with E-state index in [2.05, 4.69) is 16.1 Å². The van der Waals surface area contributed by atoms with Crippen LogP contribution in [-0.2, 0) is 13.6 Å². The van der Waals surface area contributed by atoms with Gasteiger partial charge < -0.3 is 14.4 Å². The Morgan fingerprint density at radius 1 is 1.26 bits per heavy atom. The van der Waals surface area contributed by atoms with Crippen LogP contribution in [0.3, 0.4) is 0 Å². The Morgan fingerprint density at radius 3 is 2.65 bits per heavy atom. The molecule has 1 aliphatic carbocycles. The van der Waals surface area contributed by atoms with Gasteiger partial charge in [0.25, 0.3) is 0 Å². The predicted octanol–water partition coefficient (Wildman–Crippen LogP) is 4.27. The van der Waals surface area contributed by atoms with Gasteiger partial charge in [0.05, 0.1) is 6.10 Å². The first-order valence-electron chi connectivity index (χ1n) is 11.0. The SMILES string of the molecule is Cc1cc(OC(=O)N(C)CC2CC(Oc3ccc(CN4CCCC4)c(Cl)c3)C2)nn1C. The molecule has 1 saturated heterocycles. The Kier molecular flexibility index (Phi) is 6.72. The molecule has 2 heterocycles. The molecule has 0 radical (unpaired) electrons. The summed E-state index contributed by atoms with van der Waals surface area (Å²) in [6.45, 7) is 5.77. The van der Waals surface area contributed by atoms with Gasteiger partial charge in [0.2, 0.25) is 5.88 Å². The third-order valence-electron chi connectivity index (χ3n) is 6.24. The molecule has 0 bridgehead atoms. The Balaban J connectivity index is 1.20. The van der Waals surface area contributed by atoms with Gasteiger partial charge in [-0.3, -0.25) is 9.58 Å². The molecule has 2 fully saturated rings. The molecule has 31 heavy (non-hydrogen) atoms. The molecule has 1 aromatic heterocycles. The number of carbonyl (C=O) groups is 1. The molecule has 0 spiro atoms. The second kappa shape index (κ2) is 9.49. The number of hydrogen-bond donors (Lipinski definition) is 0. The first-order valence-corrected chi connectivity index (χ1v) is 11.4. The lowest BCUT2D eigenvalue weighted by atomic mass is 9.82. The molecule has 4 rings (SSSR count). The van der Waals surface area contributed by atoms with E-state index in [0.717, 1.165) is 54.5 Å². The summed E-state index contributed by atoms with van der Waals surface area (Å²) in [6, 6.07) is 7.78. The van der Waals surface area contributed by atoms with E-state index in [0.29, 0.717) is 18.3 Å². The highest BCUT2D eigenvalue weighted by Gasteiger charge is 2.33. The van der Waals surface area contributed by atoms with Crippen LogP contribution in [0.1, 0.15) is 36.9 Å². The Bertz CT molecular complexity index is 900. The standard InChI is InChI=1S/C23H31ClN4O3/c1-16-10-22(25-27(16)3)31-23(29)26(2)14-17-11-20(12-17)30-19-7-6-18(21(24)13-19)15-28-8-4-5-9-28/h6-7,10,13,17,20H,4-5,8-9,11-12,14-15H2,1-3H3. The smallest absolute Gasteiger partial charge is 0.416 e. The van der Waals surface area contributed by atoms with Gasteiger partial charge >= 0.3 is 6.09 Å². The Morgan fingerprint density at radius 2 is 2.00 bits per heavy atom. The van der Waals surface area contributed by atoms with Crippen LogP contribution in [0.2, 0.25) is 5.02 Å². The van der Waals surface area contributed by atoms with Gasteiger partial charge in [-0.2, -0.15) is 0 Å². The summed E-state index contributed by atoms with van der Waals surface area (Å²) in [5.41, 5.74) is 2.10. The molecule has 0 unspecified atom stereocenters. The predicted molar refractivity (Wildman–Crippen MR) is 120 cm³/mol. The molecule has 1 saturated carbocycles. The van der Waals surface area contributed by atoms with Gasteiger partial charge in [-0.05, 0) is 69.3 Å². The number of halogens is 1. The van der Waals surface area contributed by atoms with Crippen molar-refractivity contribution >= 4 is 17.7 Å². The molecule has 2 aliphatic rings. The summed E-state index contributed by atoms with van der Waals surface area (Å²) in [4.78, 5) is 16.3. The zero-order chi connectivity index (χ0) is 22.0. The van der Waals surface area contributed by atoms with Crippen LogP contribution in [0, 0.1) is 12.8 Å². The second-order valence-corrected chi connectivity index (χ2v) is 9.22. The number of rotatable bonds is 7. The van der Waals surface area contributed by atoms with Crippen LogP contribution in [-0.4, -0.2) is 58.5 Å². The highest BCUT2D eigenvalue weighted by molar-refractivity contribution is 6.31. The number of carbonyl (C=O) groups excluding carboxylic acids is 1. The van der Waals surface area contributed by atoms with Crippen molar-refractivity contribution in [3.05, 3.63) is 40.5 Å². The van der Waals surface area contributed by atoms with Crippen LogP contribution in [0.4, 0.5) is 4.79 Å². The van der Waals surface area contributed by atoms with Gasteiger partial charge in [0.1, 0.15) is 5.75 Å². The number of likely N-dealkylation sites (tertiary alicyclic amines) is 1. The molecule has 1 amide bonds. The number of ether oxygens (including phenoxy) is 2. The Hall–Kier alpha value is -2.25. The topological polar surface area (TPSA) is 59.8 Å². The lowest BCUT2D eigenvalue weighted by Gasteiger charge is -2.37. The maximum atomic E-state index is 12.3. The molecule has 2 aromatic rings. The summed E-state index contributed by atoms with van der Waals surface area (Å²) in [5, 5.41) is 4.93. The molecular formula is C23H31ClN4O3. The number of aromatic nitrogens is 2. The fourth-order valence-corrected chi connectivity index (χ4v) is 4.46. The molecule has 1 aromatic carbocycles. The molecule has 8 heteroatoms. The van der Waals surface area contributed by atoms with Crippen molar-refractivity contribution in [1.29, 1.82) is 0 Å². The van der Waals surface area contributed by atoms with E-state index in [1.165, 1.54) is 12.8 Å². The van der Waals surface area contributed by atoms with Crippen molar-refractivity contribution in [3.8, 4) is 11.6 Å². The third kappa shape index (κ3) is 5.52. The van der Waals surface area contributed by atoms with Gasteiger partial charge in [-0.1, -0.05) is 17.7 Å². The van der Waals surface area contributed by atoms with Crippen molar-refractivity contribution in [2.45, 2.75) is 45.3 Å². The normalized spacial score (nSPS) is 21.0. The lowest BCUT2D eigenvalue weighted by molar-refractivity contribution is 0.0482. The lowest BCUT2D eigenvalue weighted by Crippen LogP contribution is -2.42. The van der Waals surface area contributed by atoms with Crippen molar-refractivity contribution < 1.29 is 14.3 Å². The highest BCUT2D eigenvalue weighted by atomic mass is 35.5. The average molecular weight is 447 g/mol. The minimum absolute atomic E-state index is 0.161. The number of benzene rings is 1.